The molecule has 0 heterocycles. The number of alkyl halides is 1. The maximum absolute atomic E-state index is 11.7. The molecule has 1 N–H and O–H groups in total. The molecule has 0 fully saturated rings. The molecule has 0 aliphatic carbocycles. The molecule has 0 aliphatic heterocycles. The van der Waals surface area contributed by atoms with E-state index in [0.29, 0.717) is 18.2 Å². The van der Waals surface area contributed by atoms with Crippen LogP contribution in [0.15, 0.2) is 0 Å². The lowest BCUT2D eigenvalue weighted by atomic mass is 10.0. The highest BCUT2D eigenvalue weighted by Crippen LogP contribution is 2.09. The lowest BCUT2D eigenvalue weighted by Crippen LogP contribution is -2.29. The maximum Gasteiger partial charge on any atom is 0.220 e. The van der Waals surface area contributed by atoms with E-state index in [9.17, 15) is 4.79 Å². The zero-order valence-corrected chi connectivity index (χ0v) is 13.6. The SMILES string of the molecule is CCCCCCCCCC(=O)NCC(CC)CCCl. The van der Waals surface area contributed by atoms with Gasteiger partial charge in [-0.15, -0.1) is 11.6 Å². The molecule has 0 aromatic carbocycles. The Morgan fingerprint density at radius 3 is 2.26 bits per heavy atom. The molecule has 0 radical (unpaired) electrons. The van der Waals surface area contributed by atoms with Gasteiger partial charge in [0.15, 0.2) is 0 Å². The molecule has 1 atom stereocenters. The summed E-state index contributed by atoms with van der Waals surface area (Å²) in [5.41, 5.74) is 0. The van der Waals surface area contributed by atoms with Crippen molar-refractivity contribution < 1.29 is 4.79 Å². The van der Waals surface area contributed by atoms with Crippen LogP contribution in [0.1, 0.15) is 78.1 Å². The topological polar surface area (TPSA) is 29.1 Å². The van der Waals surface area contributed by atoms with Crippen molar-refractivity contribution in [3.05, 3.63) is 0 Å². The molecule has 0 aromatic rings. The van der Waals surface area contributed by atoms with Crippen LogP contribution in [-0.2, 0) is 4.79 Å². The van der Waals surface area contributed by atoms with E-state index < -0.39 is 0 Å². The number of halogens is 1. The van der Waals surface area contributed by atoms with Crippen LogP contribution < -0.4 is 5.32 Å². The van der Waals surface area contributed by atoms with Crippen LogP contribution >= 0.6 is 11.6 Å². The predicted molar refractivity (Wildman–Crippen MR) is 84.7 cm³/mol. The number of amides is 1. The number of hydrogen-bond acceptors (Lipinski definition) is 1. The number of carbonyl (C=O) groups is 1. The standard InChI is InChI=1S/C16H32ClNO/c1-3-5-6-7-8-9-10-11-16(19)18-14-15(4-2)12-13-17/h15H,3-14H2,1-2H3,(H,18,19). The number of hydrogen-bond donors (Lipinski definition) is 1. The molecule has 0 bridgehead atoms. The van der Waals surface area contributed by atoms with E-state index in [1.54, 1.807) is 0 Å². The summed E-state index contributed by atoms with van der Waals surface area (Å²) < 4.78 is 0. The van der Waals surface area contributed by atoms with E-state index in [2.05, 4.69) is 19.2 Å². The fourth-order valence-corrected chi connectivity index (χ4v) is 2.50. The van der Waals surface area contributed by atoms with Crippen molar-refractivity contribution in [3.8, 4) is 0 Å². The van der Waals surface area contributed by atoms with Gasteiger partial charge in [0.1, 0.15) is 0 Å². The second-order valence-corrected chi connectivity index (χ2v) is 5.81. The van der Waals surface area contributed by atoms with Crippen LogP contribution in [0, 0.1) is 5.92 Å². The van der Waals surface area contributed by atoms with Crippen LogP contribution in [0.4, 0.5) is 0 Å². The average molecular weight is 290 g/mol. The second kappa shape index (κ2) is 14.2. The lowest BCUT2D eigenvalue weighted by molar-refractivity contribution is -0.121. The van der Waals surface area contributed by atoms with Gasteiger partial charge in [-0.05, 0) is 18.8 Å². The Kier molecular flexibility index (Phi) is 14.0. The van der Waals surface area contributed by atoms with Crippen molar-refractivity contribution in [2.24, 2.45) is 5.92 Å². The summed E-state index contributed by atoms with van der Waals surface area (Å²) in [6.07, 6.45) is 11.6. The van der Waals surface area contributed by atoms with E-state index >= 15 is 0 Å². The van der Waals surface area contributed by atoms with Crippen molar-refractivity contribution in [1.82, 2.24) is 5.32 Å². The number of carbonyl (C=O) groups excluding carboxylic acids is 1. The van der Waals surface area contributed by atoms with Gasteiger partial charge in [-0.2, -0.15) is 0 Å². The summed E-state index contributed by atoms with van der Waals surface area (Å²) in [6.45, 7) is 5.18. The molecule has 19 heavy (non-hydrogen) atoms. The molecule has 2 nitrogen and oxygen atoms in total. The number of unbranched alkanes of at least 4 members (excludes halogenated alkanes) is 6. The largest absolute Gasteiger partial charge is 0.356 e. The molecular weight excluding hydrogens is 258 g/mol. The summed E-state index contributed by atoms with van der Waals surface area (Å²) in [7, 11) is 0. The minimum absolute atomic E-state index is 0.210. The first-order chi connectivity index (χ1) is 9.24. The van der Waals surface area contributed by atoms with Crippen molar-refractivity contribution in [3.63, 3.8) is 0 Å². The van der Waals surface area contributed by atoms with Gasteiger partial charge in [0.25, 0.3) is 0 Å². The van der Waals surface area contributed by atoms with Crippen LogP contribution in [0.25, 0.3) is 0 Å². The first-order valence-corrected chi connectivity index (χ1v) is 8.60. The van der Waals surface area contributed by atoms with Gasteiger partial charge < -0.3 is 5.32 Å². The smallest absolute Gasteiger partial charge is 0.220 e. The lowest BCUT2D eigenvalue weighted by Gasteiger charge is -2.14. The highest BCUT2D eigenvalue weighted by atomic mass is 35.5. The van der Waals surface area contributed by atoms with E-state index in [1.165, 1.54) is 38.5 Å². The molecule has 1 unspecified atom stereocenters. The molecule has 1 amide bonds. The first kappa shape index (κ1) is 18.8. The predicted octanol–water partition coefficient (Wildman–Crippen LogP) is 4.90. The van der Waals surface area contributed by atoms with Crippen LogP contribution in [-0.4, -0.2) is 18.3 Å². The monoisotopic (exact) mass is 289 g/mol. The summed E-state index contributed by atoms with van der Waals surface area (Å²) in [5, 5.41) is 3.03. The van der Waals surface area contributed by atoms with Gasteiger partial charge in [-0.3, -0.25) is 4.79 Å². The zero-order chi connectivity index (χ0) is 14.3. The van der Waals surface area contributed by atoms with Crippen LogP contribution in [0.2, 0.25) is 0 Å². The van der Waals surface area contributed by atoms with Gasteiger partial charge in [-0.25, -0.2) is 0 Å². The molecule has 0 rings (SSSR count). The zero-order valence-electron chi connectivity index (χ0n) is 12.8. The van der Waals surface area contributed by atoms with E-state index in [4.69, 9.17) is 11.6 Å². The van der Waals surface area contributed by atoms with Crippen molar-refractivity contribution in [1.29, 1.82) is 0 Å². The summed E-state index contributed by atoms with van der Waals surface area (Å²) in [4.78, 5) is 11.7. The second-order valence-electron chi connectivity index (χ2n) is 5.43. The van der Waals surface area contributed by atoms with Gasteiger partial charge in [0, 0.05) is 18.8 Å². The third-order valence-corrected chi connectivity index (χ3v) is 3.91. The van der Waals surface area contributed by atoms with E-state index in [1.807, 2.05) is 0 Å². The molecule has 0 saturated heterocycles. The minimum Gasteiger partial charge on any atom is -0.356 e. The highest BCUT2D eigenvalue weighted by Gasteiger charge is 2.07. The van der Waals surface area contributed by atoms with E-state index in [-0.39, 0.29) is 5.91 Å². The summed E-state index contributed by atoms with van der Waals surface area (Å²) in [5.74, 6) is 1.43. The molecule has 3 heteroatoms. The Hall–Kier alpha value is -0.240. The Labute approximate surface area is 124 Å². The van der Waals surface area contributed by atoms with Crippen molar-refractivity contribution >= 4 is 17.5 Å². The highest BCUT2D eigenvalue weighted by molar-refractivity contribution is 6.17. The normalized spacial score (nSPS) is 12.4. The third-order valence-electron chi connectivity index (χ3n) is 3.69. The summed E-state index contributed by atoms with van der Waals surface area (Å²) >= 11 is 5.73. The van der Waals surface area contributed by atoms with E-state index in [0.717, 1.165) is 25.8 Å². The Morgan fingerprint density at radius 1 is 1.05 bits per heavy atom. The first-order valence-electron chi connectivity index (χ1n) is 8.07. The number of rotatable bonds is 13. The Balaban J connectivity index is 3.38. The minimum atomic E-state index is 0.210. The van der Waals surface area contributed by atoms with Crippen LogP contribution in [0.5, 0.6) is 0 Å². The molecule has 0 aromatic heterocycles. The maximum atomic E-state index is 11.7. The Morgan fingerprint density at radius 2 is 1.68 bits per heavy atom. The quantitative estimate of drug-likeness (QED) is 0.379. The van der Waals surface area contributed by atoms with Gasteiger partial charge >= 0.3 is 0 Å². The third kappa shape index (κ3) is 12.5. The molecule has 0 saturated carbocycles. The van der Waals surface area contributed by atoms with Gasteiger partial charge in [-0.1, -0.05) is 58.8 Å². The molecule has 0 spiro atoms. The molecular formula is C16H32ClNO. The summed E-state index contributed by atoms with van der Waals surface area (Å²) in [6, 6.07) is 0. The fraction of sp³-hybridized carbons (Fsp3) is 0.938. The van der Waals surface area contributed by atoms with Crippen LogP contribution in [0.3, 0.4) is 0 Å². The number of nitrogens with one attached hydrogen (secondary N) is 1. The van der Waals surface area contributed by atoms with Gasteiger partial charge in [0.2, 0.25) is 5.91 Å². The molecule has 114 valence electrons. The average Bonchev–Trinajstić information content (AvgIpc) is 2.42. The molecule has 0 aliphatic rings. The fourth-order valence-electron chi connectivity index (χ4n) is 2.19. The van der Waals surface area contributed by atoms with Crippen molar-refractivity contribution in [2.75, 3.05) is 12.4 Å². The Bertz CT molecular complexity index is 209. The van der Waals surface area contributed by atoms with Gasteiger partial charge in [0.05, 0.1) is 0 Å². The van der Waals surface area contributed by atoms with Crippen molar-refractivity contribution in [2.45, 2.75) is 78.1 Å².